The lowest BCUT2D eigenvalue weighted by atomic mass is 10.1. The van der Waals surface area contributed by atoms with Crippen LogP contribution in [0.5, 0.6) is 0 Å². The fourth-order valence-corrected chi connectivity index (χ4v) is 3.85. The van der Waals surface area contributed by atoms with Gasteiger partial charge in [-0.1, -0.05) is 24.3 Å². The first-order valence-electron chi connectivity index (χ1n) is 10.0. The molecule has 1 aliphatic rings. The highest BCUT2D eigenvalue weighted by atomic mass is 16.1. The number of amides is 1. The summed E-state index contributed by atoms with van der Waals surface area (Å²) in [4.78, 5) is 18.3. The Morgan fingerprint density at radius 1 is 0.900 bits per heavy atom. The predicted octanol–water partition coefficient (Wildman–Crippen LogP) is 2.80. The molecule has 1 fully saturated rings. The van der Waals surface area contributed by atoms with Gasteiger partial charge in [0.2, 0.25) is 5.91 Å². The van der Waals surface area contributed by atoms with E-state index in [-0.39, 0.29) is 0 Å². The third-order valence-electron chi connectivity index (χ3n) is 5.52. The van der Waals surface area contributed by atoms with E-state index in [0.29, 0.717) is 11.2 Å². The standard InChI is InChI=1S/C23H22N6O/c24-22(30)17-3-1-15(2-4-17)20-10-9-19-21(27-28-23(19)26-20)16-5-7-18(8-6-16)29-13-11-25-12-14-29/h1-10,25H,11-14H2,(H2,24,30)(H,26,27,28). The van der Waals surface area contributed by atoms with Crippen molar-refractivity contribution < 1.29 is 4.79 Å². The van der Waals surface area contributed by atoms with Gasteiger partial charge in [0.15, 0.2) is 5.65 Å². The summed E-state index contributed by atoms with van der Waals surface area (Å²) in [6.45, 7) is 4.09. The van der Waals surface area contributed by atoms with Crippen LogP contribution in [0.2, 0.25) is 0 Å². The summed E-state index contributed by atoms with van der Waals surface area (Å²) in [6.07, 6.45) is 0. The van der Waals surface area contributed by atoms with Crippen molar-refractivity contribution in [2.75, 3.05) is 31.1 Å². The minimum atomic E-state index is -0.440. The van der Waals surface area contributed by atoms with Crippen molar-refractivity contribution in [1.29, 1.82) is 0 Å². The van der Waals surface area contributed by atoms with Crippen LogP contribution in [0.15, 0.2) is 60.7 Å². The van der Waals surface area contributed by atoms with Crippen LogP contribution in [0.25, 0.3) is 33.5 Å². The SMILES string of the molecule is NC(=O)c1ccc(-c2ccc3c(-c4ccc(N5CCNCC5)cc4)[nH]nc3n2)cc1. The number of rotatable bonds is 4. The zero-order chi connectivity index (χ0) is 20.5. The summed E-state index contributed by atoms with van der Waals surface area (Å²) in [5.74, 6) is -0.440. The van der Waals surface area contributed by atoms with E-state index in [1.54, 1.807) is 12.1 Å². The number of anilines is 1. The molecule has 0 spiro atoms. The number of piperazine rings is 1. The van der Waals surface area contributed by atoms with Gasteiger partial charge in [-0.2, -0.15) is 5.10 Å². The van der Waals surface area contributed by atoms with Gasteiger partial charge < -0.3 is 16.0 Å². The average molecular weight is 398 g/mol. The van der Waals surface area contributed by atoms with E-state index >= 15 is 0 Å². The lowest BCUT2D eigenvalue weighted by molar-refractivity contribution is 0.100. The average Bonchev–Trinajstić information content (AvgIpc) is 3.23. The Hall–Kier alpha value is -3.71. The van der Waals surface area contributed by atoms with Crippen LogP contribution < -0.4 is 16.0 Å². The number of carbonyl (C=O) groups is 1. The number of carbonyl (C=O) groups excluding carboxylic acids is 1. The summed E-state index contributed by atoms with van der Waals surface area (Å²) in [6, 6.07) is 19.7. The number of nitrogens with one attached hydrogen (secondary N) is 2. The Kier molecular flexibility index (Phi) is 4.65. The molecule has 7 heteroatoms. The monoisotopic (exact) mass is 398 g/mol. The number of primary amides is 1. The first-order chi connectivity index (χ1) is 14.7. The number of benzene rings is 2. The van der Waals surface area contributed by atoms with E-state index in [9.17, 15) is 4.79 Å². The second kappa shape index (κ2) is 7.61. The molecular weight excluding hydrogens is 376 g/mol. The van der Waals surface area contributed by atoms with Crippen molar-refractivity contribution in [2.45, 2.75) is 0 Å². The lowest BCUT2D eigenvalue weighted by Crippen LogP contribution is -2.43. The van der Waals surface area contributed by atoms with Gasteiger partial charge in [0.05, 0.1) is 11.4 Å². The summed E-state index contributed by atoms with van der Waals surface area (Å²) < 4.78 is 0. The van der Waals surface area contributed by atoms with Crippen LogP contribution in [0.1, 0.15) is 10.4 Å². The number of aromatic amines is 1. The Morgan fingerprint density at radius 2 is 1.60 bits per heavy atom. The lowest BCUT2D eigenvalue weighted by Gasteiger charge is -2.29. The Bertz CT molecular complexity index is 1190. The first kappa shape index (κ1) is 18.3. The highest BCUT2D eigenvalue weighted by molar-refractivity contribution is 5.94. The van der Waals surface area contributed by atoms with Gasteiger partial charge in [-0.25, -0.2) is 4.98 Å². The molecule has 0 unspecified atom stereocenters. The Morgan fingerprint density at radius 3 is 2.30 bits per heavy atom. The molecule has 2 aromatic heterocycles. The fraction of sp³-hybridized carbons (Fsp3) is 0.174. The summed E-state index contributed by atoms with van der Waals surface area (Å²) in [5, 5.41) is 11.9. The number of aromatic nitrogens is 3. The van der Waals surface area contributed by atoms with E-state index in [1.807, 2.05) is 24.3 Å². The van der Waals surface area contributed by atoms with E-state index in [1.165, 1.54) is 5.69 Å². The predicted molar refractivity (Wildman–Crippen MR) is 118 cm³/mol. The normalized spacial score (nSPS) is 14.2. The zero-order valence-electron chi connectivity index (χ0n) is 16.4. The summed E-state index contributed by atoms with van der Waals surface area (Å²) in [7, 11) is 0. The van der Waals surface area contributed by atoms with Crippen molar-refractivity contribution >= 4 is 22.6 Å². The van der Waals surface area contributed by atoms with Crippen LogP contribution >= 0.6 is 0 Å². The number of hydrogen-bond donors (Lipinski definition) is 3. The Labute approximate surface area is 173 Å². The molecule has 4 N–H and O–H groups in total. The molecule has 1 saturated heterocycles. The van der Waals surface area contributed by atoms with Gasteiger partial charge in [-0.15, -0.1) is 0 Å². The molecule has 4 aromatic rings. The molecule has 150 valence electrons. The van der Waals surface area contributed by atoms with E-state index in [2.05, 4.69) is 49.7 Å². The molecular formula is C23H22N6O. The van der Waals surface area contributed by atoms with Gasteiger partial charge in [0.1, 0.15) is 0 Å². The molecule has 0 atom stereocenters. The molecule has 5 rings (SSSR count). The third kappa shape index (κ3) is 3.40. The largest absolute Gasteiger partial charge is 0.369 e. The maximum atomic E-state index is 11.3. The zero-order valence-corrected chi connectivity index (χ0v) is 16.4. The van der Waals surface area contributed by atoms with Crippen LogP contribution in [0.3, 0.4) is 0 Å². The number of fused-ring (bicyclic) bond motifs is 1. The second-order valence-electron chi connectivity index (χ2n) is 7.39. The molecule has 0 aliphatic carbocycles. The van der Waals surface area contributed by atoms with Crippen molar-refractivity contribution in [3.63, 3.8) is 0 Å². The third-order valence-corrected chi connectivity index (χ3v) is 5.52. The van der Waals surface area contributed by atoms with Gasteiger partial charge in [-0.05, 0) is 36.4 Å². The van der Waals surface area contributed by atoms with Crippen LogP contribution in [0.4, 0.5) is 5.69 Å². The van der Waals surface area contributed by atoms with Crippen molar-refractivity contribution in [3.05, 3.63) is 66.2 Å². The van der Waals surface area contributed by atoms with Crippen molar-refractivity contribution in [1.82, 2.24) is 20.5 Å². The number of nitrogens with zero attached hydrogens (tertiary/aromatic N) is 3. The molecule has 1 aliphatic heterocycles. The topological polar surface area (TPSA) is 99.9 Å². The quantitative estimate of drug-likeness (QED) is 0.491. The van der Waals surface area contributed by atoms with Gasteiger partial charge in [0, 0.05) is 53.9 Å². The maximum absolute atomic E-state index is 11.3. The van der Waals surface area contributed by atoms with Crippen LogP contribution in [0, 0.1) is 0 Å². The number of H-pyrrole nitrogens is 1. The first-order valence-corrected chi connectivity index (χ1v) is 10.0. The van der Waals surface area contributed by atoms with Gasteiger partial charge in [0.25, 0.3) is 0 Å². The molecule has 0 bridgehead atoms. The maximum Gasteiger partial charge on any atom is 0.248 e. The molecule has 7 nitrogen and oxygen atoms in total. The molecule has 2 aromatic carbocycles. The molecule has 1 amide bonds. The number of pyridine rings is 1. The minimum absolute atomic E-state index is 0.440. The number of hydrogen-bond acceptors (Lipinski definition) is 5. The van der Waals surface area contributed by atoms with Gasteiger partial charge in [-0.3, -0.25) is 9.89 Å². The van der Waals surface area contributed by atoms with Crippen molar-refractivity contribution in [2.24, 2.45) is 5.73 Å². The van der Waals surface area contributed by atoms with Gasteiger partial charge >= 0.3 is 0 Å². The molecule has 3 heterocycles. The number of nitrogens with two attached hydrogens (primary N) is 1. The van der Waals surface area contributed by atoms with Crippen LogP contribution in [-0.2, 0) is 0 Å². The Balaban J connectivity index is 1.43. The highest BCUT2D eigenvalue weighted by Crippen LogP contribution is 2.29. The highest BCUT2D eigenvalue weighted by Gasteiger charge is 2.13. The summed E-state index contributed by atoms with van der Waals surface area (Å²) >= 11 is 0. The minimum Gasteiger partial charge on any atom is -0.369 e. The molecule has 30 heavy (non-hydrogen) atoms. The fourth-order valence-electron chi connectivity index (χ4n) is 3.85. The molecule has 0 radical (unpaired) electrons. The van der Waals surface area contributed by atoms with E-state index in [4.69, 9.17) is 5.73 Å². The molecule has 0 saturated carbocycles. The second-order valence-corrected chi connectivity index (χ2v) is 7.39. The smallest absolute Gasteiger partial charge is 0.248 e. The van der Waals surface area contributed by atoms with E-state index in [0.717, 1.165) is 54.1 Å². The van der Waals surface area contributed by atoms with E-state index < -0.39 is 5.91 Å². The van der Waals surface area contributed by atoms with Crippen LogP contribution in [-0.4, -0.2) is 47.3 Å². The summed E-state index contributed by atoms with van der Waals surface area (Å²) in [5.41, 5.74) is 11.4. The van der Waals surface area contributed by atoms with Crippen molar-refractivity contribution in [3.8, 4) is 22.5 Å².